The average Bonchev–Trinajstić information content (AvgIpc) is 2.66. The Balaban J connectivity index is 1.52. The molecule has 1 saturated heterocycles. The van der Waals surface area contributed by atoms with Crippen molar-refractivity contribution in [1.29, 1.82) is 0 Å². The fourth-order valence-electron chi connectivity index (χ4n) is 2.80. The van der Waals surface area contributed by atoms with Gasteiger partial charge in [-0.05, 0) is 39.2 Å². The maximum Gasteiger partial charge on any atom is 0.247 e. The van der Waals surface area contributed by atoms with Crippen molar-refractivity contribution in [3.05, 3.63) is 30.6 Å². The average molecular weight is 342 g/mol. The Morgan fingerprint density at radius 1 is 1.12 bits per heavy atom. The van der Waals surface area contributed by atoms with E-state index < -0.39 is 0 Å². The lowest BCUT2D eigenvalue weighted by molar-refractivity contribution is 0.405. The zero-order valence-corrected chi connectivity index (χ0v) is 15.0. The third-order valence-electron chi connectivity index (χ3n) is 4.17. The number of rotatable bonds is 7. The van der Waals surface area contributed by atoms with Crippen LogP contribution in [0.5, 0.6) is 0 Å². The topological polar surface area (TPSA) is 73.3 Å². The lowest BCUT2D eigenvalue weighted by Gasteiger charge is -2.35. The van der Waals surface area contributed by atoms with Crippen LogP contribution in [0.2, 0.25) is 0 Å². The molecule has 2 aromatic rings. The van der Waals surface area contributed by atoms with E-state index in [1.165, 1.54) is 0 Å². The van der Waals surface area contributed by atoms with Gasteiger partial charge in [-0.2, -0.15) is 10.1 Å². The first kappa shape index (κ1) is 17.3. The molecule has 0 aromatic carbocycles. The molecule has 0 bridgehead atoms. The molecular weight excluding hydrogens is 316 g/mol. The summed E-state index contributed by atoms with van der Waals surface area (Å²) in [5, 5.41) is 11.6. The molecule has 2 aromatic heterocycles. The van der Waals surface area contributed by atoms with Gasteiger partial charge in [-0.1, -0.05) is 6.07 Å². The highest BCUT2D eigenvalue weighted by Gasteiger charge is 2.20. The first-order chi connectivity index (χ1) is 12.2. The summed E-state index contributed by atoms with van der Waals surface area (Å²) in [6.45, 7) is 5.46. The minimum absolute atomic E-state index is 0.693. The van der Waals surface area contributed by atoms with Crippen LogP contribution < -0.4 is 15.1 Å². The van der Waals surface area contributed by atoms with Crippen LogP contribution in [0.25, 0.3) is 0 Å². The number of hydrogen-bond donors (Lipinski definition) is 1. The van der Waals surface area contributed by atoms with Crippen LogP contribution in [-0.4, -0.2) is 78.4 Å². The van der Waals surface area contributed by atoms with E-state index in [4.69, 9.17) is 0 Å². The van der Waals surface area contributed by atoms with Gasteiger partial charge < -0.3 is 20.0 Å². The normalized spacial score (nSPS) is 14.8. The second-order valence-electron chi connectivity index (χ2n) is 6.39. The van der Waals surface area contributed by atoms with Crippen molar-refractivity contribution < 1.29 is 0 Å². The van der Waals surface area contributed by atoms with Gasteiger partial charge in [0.25, 0.3) is 0 Å². The van der Waals surface area contributed by atoms with Gasteiger partial charge in [-0.25, -0.2) is 4.98 Å². The van der Waals surface area contributed by atoms with E-state index in [1.807, 2.05) is 24.4 Å². The molecule has 0 radical (unpaired) electrons. The lowest BCUT2D eigenvalue weighted by Crippen LogP contribution is -2.47. The van der Waals surface area contributed by atoms with Crippen molar-refractivity contribution in [3.8, 4) is 0 Å². The second kappa shape index (κ2) is 8.57. The van der Waals surface area contributed by atoms with E-state index in [9.17, 15) is 0 Å². The molecule has 8 nitrogen and oxygen atoms in total. The lowest BCUT2D eigenvalue weighted by atomic mass is 10.3. The molecule has 25 heavy (non-hydrogen) atoms. The number of anilines is 3. The molecule has 1 N–H and O–H groups in total. The summed E-state index contributed by atoms with van der Waals surface area (Å²) in [5.74, 6) is 2.51. The summed E-state index contributed by atoms with van der Waals surface area (Å²) in [6, 6.07) is 6.01. The van der Waals surface area contributed by atoms with Gasteiger partial charge in [0.05, 0.1) is 6.20 Å². The summed E-state index contributed by atoms with van der Waals surface area (Å²) in [5.41, 5.74) is 0. The molecule has 0 saturated carbocycles. The van der Waals surface area contributed by atoms with Crippen molar-refractivity contribution in [1.82, 2.24) is 25.1 Å². The third-order valence-corrected chi connectivity index (χ3v) is 4.17. The largest absolute Gasteiger partial charge is 0.369 e. The Labute approximate surface area is 148 Å². The van der Waals surface area contributed by atoms with Gasteiger partial charge in [0.2, 0.25) is 5.95 Å². The molecule has 1 fully saturated rings. The predicted molar refractivity (Wildman–Crippen MR) is 100 cm³/mol. The number of nitrogens with zero attached hydrogens (tertiary/aromatic N) is 7. The van der Waals surface area contributed by atoms with Crippen LogP contribution in [-0.2, 0) is 0 Å². The minimum atomic E-state index is 0.693. The van der Waals surface area contributed by atoms with Crippen LogP contribution in [0.3, 0.4) is 0 Å². The molecule has 0 aliphatic carbocycles. The van der Waals surface area contributed by atoms with Gasteiger partial charge in [-0.3, -0.25) is 0 Å². The first-order valence-corrected chi connectivity index (χ1v) is 8.71. The second-order valence-corrected chi connectivity index (χ2v) is 6.39. The van der Waals surface area contributed by atoms with Crippen LogP contribution in [0.1, 0.15) is 6.42 Å². The van der Waals surface area contributed by atoms with E-state index in [0.29, 0.717) is 5.95 Å². The van der Waals surface area contributed by atoms with Crippen molar-refractivity contribution in [2.24, 2.45) is 0 Å². The van der Waals surface area contributed by atoms with Crippen LogP contribution in [0, 0.1) is 0 Å². The molecule has 134 valence electrons. The van der Waals surface area contributed by atoms with E-state index in [0.717, 1.165) is 57.3 Å². The Morgan fingerprint density at radius 3 is 2.64 bits per heavy atom. The molecule has 0 amide bonds. The van der Waals surface area contributed by atoms with E-state index >= 15 is 0 Å². The summed E-state index contributed by atoms with van der Waals surface area (Å²) in [6.07, 6.45) is 4.58. The highest BCUT2D eigenvalue weighted by atomic mass is 15.4. The Hall–Kier alpha value is -2.48. The number of nitrogens with one attached hydrogen (secondary N) is 1. The smallest absolute Gasteiger partial charge is 0.247 e. The molecule has 3 rings (SSSR count). The van der Waals surface area contributed by atoms with Gasteiger partial charge in [0, 0.05) is 38.9 Å². The summed E-state index contributed by atoms with van der Waals surface area (Å²) in [4.78, 5) is 15.7. The molecular formula is C17H26N8. The molecule has 1 aliphatic heterocycles. The molecule has 1 aliphatic rings. The van der Waals surface area contributed by atoms with Crippen LogP contribution in [0.15, 0.2) is 30.6 Å². The zero-order valence-electron chi connectivity index (χ0n) is 15.0. The van der Waals surface area contributed by atoms with E-state index in [1.54, 1.807) is 6.20 Å². The number of hydrogen-bond acceptors (Lipinski definition) is 8. The number of piperazine rings is 1. The molecule has 0 atom stereocenters. The fraction of sp³-hybridized carbons (Fsp3) is 0.529. The maximum absolute atomic E-state index is 4.60. The summed E-state index contributed by atoms with van der Waals surface area (Å²) in [7, 11) is 4.16. The SMILES string of the molecule is CN(C)CCCNc1cnnc(N2CCN(c3ccccn3)CC2)n1. The van der Waals surface area contributed by atoms with Crippen molar-refractivity contribution in [2.45, 2.75) is 6.42 Å². The highest BCUT2D eigenvalue weighted by Crippen LogP contribution is 2.16. The predicted octanol–water partition coefficient (Wildman–Crippen LogP) is 0.957. The monoisotopic (exact) mass is 342 g/mol. The molecule has 3 heterocycles. The third kappa shape index (κ3) is 4.99. The quantitative estimate of drug-likeness (QED) is 0.746. The first-order valence-electron chi connectivity index (χ1n) is 8.71. The zero-order chi connectivity index (χ0) is 17.5. The number of aromatic nitrogens is 4. The molecule has 0 unspecified atom stereocenters. The van der Waals surface area contributed by atoms with Gasteiger partial charge >= 0.3 is 0 Å². The Kier molecular flexibility index (Phi) is 5.95. The van der Waals surface area contributed by atoms with Gasteiger partial charge in [-0.15, -0.1) is 5.10 Å². The van der Waals surface area contributed by atoms with Gasteiger partial charge in [0.1, 0.15) is 5.82 Å². The number of pyridine rings is 1. The molecule has 0 spiro atoms. The van der Waals surface area contributed by atoms with Crippen molar-refractivity contribution in [3.63, 3.8) is 0 Å². The Bertz CT molecular complexity index is 640. The standard InChI is InChI=1S/C17H26N8/c1-23(2)9-5-8-18-15-14-20-22-17(21-15)25-12-10-24(11-13-25)16-6-3-4-7-19-16/h3-4,6-7,14H,5,8-13H2,1-2H3,(H,18,21,22). The summed E-state index contributed by atoms with van der Waals surface area (Å²) >= 11 is 0. The minimum Gasteiger partial charge on any atom is -0.369 e. The van der Waals surface area contributed by atoms with Crippen LogP contribution in [0.4, 0.5) is 17.6 Å². The fourth-order valence-corrected chi connectivity index (χ4v) is 2.80. The van der Waals surface area contributed by atoms with Crippen LogP contribution >= 0.6 is 0 Å². The van der Waals surface area contributed by atoms with Crippen molar-refractivity contribution in [2.75, 3.05) is 68.5 Å². The summed E-state index contributed by atoms with van der Waals surface area (Å²) < 4.78 is 0. The van der Waals surface area contributed by atoms with Crippen molar-refractivity contribution >= 4 is 17.6 Å². The van der Waals surface area contributed by atoms with Gasteiger partial charge in [0.15, 0.2) is 5.82 Å². The van der Waals surface area contributed by atoms with E-state index in [-0.39, 0.29) is 0 Å². The molecule has 8 heteroatoms. The van der Waals surface area contributed by atoms with E-state index in [2.05, 4.69) is 54.3 Å². The maximum atomic E-state index is 4.60. The Morgan fingerprint density at radius 2 is 1.92 bits per heavy atom. The highest BCUT2D eigenvalue weighted by molar-refractivity contribution is 5.43.